The number of pyridine rings is 1. The Balaban J connectivity index is 1.97. The fourth-order valence-electron chi connectivity index (χ4n) is 2.66. The molecule has 7 nitrogen and oxygen atoms in total. The van der Waals surface area contributed by atoms with Gasteiger partial charge in [0, 0.05) is 26.0 Å². The first kappa shape index (κ1) is 18.8. The summed E-state index contributed by atoms with van der Waals surface area (Å²) in [5.74, 6) is -0.511. The Kier molecular flexibility index (Phi) is 5.38. The van der Waals surface area contributed by atoms with E-state index in [0.29, 0.717) is 12.0 Å². The number of sulfonamides is 1. The molecule has 0 aliphatic carbocycles. The molecule has 3 aromatic rings. The quantitative estimate of drug-likeness (QED) is 0.724. The molecule has 0 spiro atoms. The first-order valence-electron chi connectivity index (χ1n) is 8.29. The number of amides is 1. The lowest BCUT2D eigenvalue weighted by Gasteiger charge is -2.07. The number of nitrogens with zero attached hydrogens (tertiary/aromatic N) is 3. The van der Waals surface area contributed by atoms with Crippen LogP contribution in [0.4, 0.5) is 0 Å². The maximum Gasteiger partial charge on any atom is 0.295 e. The number of rotatable bonds is 5. The fraction of sp³-hybridized carbons (Fsp3) is 0.158. The molecular weight excluding hydrogens is 364 g/mol. The predicted molar refractivity (Wildman–Crippen MR) is 102 cm³/mol. The molecule has 1 amide bonds. The number of carbonyl (C=O) groups excluding carboxylic acids is 1. The van der Waals surface area contributed by atoms with Gasteiger partial charge in [-0.15, -0.1) is 0 Å². The number of hydrogen-bond acceptors (Lipinski definition) is 3. The van der Waals surface area contributed by atoms with Crippen molar-refractivity contribution in [3.8, 4) is 0 Å². The van der Waals surface area contributed by atoms with E-state index in [1.54, 1.807) is 19.2 Å². The topological polar surface area (TPSA) is 85.5 Å². The molecule has 0 radical (unpaired) electrons. The number of hydrogen-bond donors (Lipinski definition) is 1. The summed E-state index contributed by atoms with van der Waals surface area (Å²) >= 11 is 0. The Morgan fingerprint density at radius 2 is 1.81 bits per heavy atom. The maximum atomic E-state index is 12.7. The van der Waals surface area contributed by atoms with Crippen molar-refractivity contribution in [2.75, 3.05) is 7.05 Å². The molecule has 0 saturated heterocycles. The third-order valence-electron chi connectivity index (χ3n) is 4.11. The highest BCUT2D eigenvalue weighted by Crippen LogP contribution is 2.13. The van der Waals surface area contributed by atoms with Gasteiger partial charge in [0.2, 0.25) is 10.0 Å². The molecule has 0 fully saturated rings. The number of carbonyl (C=O) groups is 1. The summed E-state index contributed by atoms with van der Waals surface area (Å²) in [5, 5.41) is 0. The van der Waals surface area contributed by atoms with Crippen LogP contribution in [0.1, 0.15) is 16.1 Å². The Hall–Kier alpha value is -2.97. The van der Waals surface area contributed by atoms with Gasteiger partial charge in [-0.3, -0.25) is 4.79 Å². The molecule has 0 aliphatic rings. The fourth-order valence-corrected chi connectivity index (χ4v) is 3.45. The number of benzene rings is 1. The normalized spacial score (nSPS) is 12.3. The second-order valence-corrected chi connectivity index (χ2v) is 7.86. The second-order valence-electron chi connectivity index (χ2n) is 5.97. The molecule has 0 saturated carbocycles. The van der Waals surface area contributed by atoms with Crippen molar-refractivity contribution in [2.24, 2.45) is 12.0 Å². The van der Waals surface area contributed by atoms with Gasteiger partial charge in [0.15, 0.2) is 0 Å². The van der Waals surface area contributed by atoms with Gasteiger partial charge in [-0.05, 0) is 30.8 Å². The minimum atomic E-state index is -3.63. The Labute approximate surface area is 157 Å². The maximum absolute atomic E-state index is 12.7. The molecule has 0 atom stereocenters. The van der Waals surface area contributed by atoms with E-state index in [2.05, 4.69) is 9.71 Å². The number of aryl methyl sites for hydroxylation is 1. The lowest BCUT2D eigenvalue weighted by Crippen LogP contribution is -2.22. The first-order chi connectivity index (χ1) is 12.9. The van der Waals surface area contributed by atoms with E-state index in [4.69, 9.17) is 0 Å². The smallest absolute Gasteiger partial charge is 0.295 e. The molecule has 3 rings (SSSR count). The van der Waals surface area contributed by atoms with Gasteiger partial charge in [0.25, 0.3) is 5.91 Å². The van der Waals surface area contributed by atoms with Crippen LogP contribution < -0.4 is 10.2 Å². The van der Waals surface area contributed by atoms with Gasteiger partial charge in [-0.25, -0.2) is 13.1 Å². The largest absolute Gasteiger partial charge is 0.345 e. The van der Waals surface area contributed by atoms with E-state index in [1.807, 2.05) is 47.2 Å². The zero-order valence-electron chi connectivity index (χ0n) is 15.0. The number of nitrogens with one attached hydrogen (secondary N) is 1. The summed E-state index contributed by atoms with van der Waals surface area (Å²) in [4.78, 5) is 16.9. The van der Waals surface area contributed by atoms with Crippen LogP contribution in [0, 0.1) is 0 Å². The third-order valence-corrected chi connectivity index (χ3v) is 5.49. The van der Waals surface area contributed by atoms with Crippen molar-refractivity contribution in [2.45, 2.75) is 11.4 Å². The van der Waals surface area contributed by atoms with Crippen LogP contribution in [0.2, 0.25) is 0 Å². The molecule has 2 aromatic heterocycles. The summed E-state index contributed by atoms with van der Waals surface area (Å²) in [7, 11) is -0.689. The average Bonchev–Trinajstić information content (AvgIpc) is 3.07. The Morgan fingerprint density at radius 1 is 1.11 bits per heavy atom. The second kappa shape index (κ2) is 7.73. The standard InChI is InChI=1S/C19H20N4O3S/c1-20-27(25,26)16-12-17(22(2)14-16)19(24)21-18-10-6-7-11-23(18)13-15-8-4-3-5-9-15/h3-12,14,20H,13H2,1-2H3. The lowest BCUT2D eigenvalue weighted by molar-refractivity contribution is 0.0989. The van der Waals surface area contributed by atoms with E-state index in [-0.39, 0.29) is 10.6 Å². The van der Waals surface area contributed by atoms with Crippen LogP contribution in [0.25, 0.3) is 0 Å². The van der Waals surface area contributed by atoms with Crippen LogP contribution in [0.15, 0.2) is 76.9 Å². The van der Waals surface area contributed by atoms with Crippen LogP contribution in [-0.4, -0.2) is 30.5 Å². The zero-order valence-corrected chi connectivity index (χ0v) is 15.8. The van der Waals surface area contributed by atoms with E-state index in [0.717, 1.165) is 5.56 Å². The van der Waals surface area contributed by atoms with E-state index in [1.165, 1.54) is 23.9 Å². The van der Waals surface area contributed by atoms with Gasteiger partial charge in [-0.1, -0.05) is 36.4 Å². The van der Waals surface area contributed by atoms with Gasteiger partial charge < -0.3 is 9.13 Å². The van der Waals surface area contributed by atoms with Crippen molar-refractivity contribution in [3.05, 3.63) is 83.7 Å². The van der Waals surface area contributed by atoms with Gasteiger partial charge in [-0.2, -0.15) is 4.99 Å². The summed E-state index contributed by atoms with van der Waals surface area (Å²) in [6, 6.07) is 16.6. The third kappa shape index (κ3) is 4.24. The lowest BCUT2D eigenvalue weighted by atomic mass is 10.2. The van der Waals surface area contributed by atoms with Gasteiger partial charge in [0.05, 0.1) is 0 Å². The van der Waals surface area contributed by atoms with Crippen LogP contribution >= 0.6 is 0 Å². The van der Waals surface area contributed by atoms with E-state index >= 15 is 0 Å². The average molecular weight is 384 g/mol. The Morgan fingerprint density at radius 3 is 2.52 bits per heavy atom. The van der Waals surface area contributed by atoms with Gasteiger partial charge >= 0.3 is 0 Å². The molecule has 27 heavy (non-hydrogen) atoms. The summed E-state index contributed by atoms with van der Waals surface area (Å²) in [5.41, 5.74) is 1.77. The minimum Gasteiger partial charge on any atom is -0.345 e. The molecule has 0 aliphatic heterocycles. The van der Waals surface area contributed by atoms with E-state index < -0.39 is 15.9 Å². The molecule has 2 heterocycles. The van der Waals surface area contributed by atoms with Crippen molar-refractivity contribution >= 4 is 15.9 Å². The van der Waals surface area contributed by atoms with Crippen LogP contribution in [0.3, 0.4) is 0 Å². The molecule has 1 aromatic carbocycles. The molecular formula is C19H20N4O3S. The molecule has 1 N–H and O–H groups in total. The first-order valence-corrected chi connectivity index (χ1v) is 9.77. The zero-order chi connectivity index (χ0) is 19.4. The molecule has 0 unspecified atom stereocenters. The highest BCUT2D eigenvalue weighted by molar-refractivity contribution is 7.89. The molecule has 8 heteroatoms. The minimum absolute atomic E-state index is 0.0243. The highest BCUT2D eigenvalue weighted by atomic mass is 32.2. The number of aromatic nitrogens is 2. The van der Waals surface area contributed by atoms with Crippen LogP contribution in [-0.2, 0) is 23.6 Å². The van der Waals surface area contributed by atoms with Crippen LogP contribution in [0.5, 0.6) is 0 Å². The summed E-state index contributed by atoms with van der Waals surface area (Å²) in [6.07, 6.45) is 3.23. The van der Waals surface area contributed by atoms with Crippen molar-refractivity contribution in [1.82, 2.24) is 13.9 Å². The SMILES string of the molecule is CNS(=O)(=O)c1cc(C(=O)N=c2ccccn2Cc2ccccc2)n(C)c1. The Bertz CT molecular complexity index is 1130. The molecule has 140 valence electrons. The summed E-state index contributed by atoms with van der Waals surface area (Å²) in [6.45, 7) is 0.570. The monoisotopic (exact) mass is 384 g/mol. The van der Waals surface area contributed by atoms with Gasteiger partial charge in [0.1, 0.15) is 16.1 Å². The van der Waals surface area contributed by atoms with Crippen molar-refractivity contribution < 1.29 is 13.2 Å². The molecule has 0 bridgehead atoms. The van der Waals surface area contributed by atoms with Crippen molar-refractivity contribution in [1.29, 1.82) is 0 Å². The van der Waals surface area contributed by atoms with Crippen molar-refractivity contribution in [3.63, 3.8) is 0 Å². The highest BCUT2D eigenvalue weighted by Gasteiger charge is 2.18. The summed E-state index contributed by atoms with van der Waals surface area (Å²) < 4.78 is 29.4. The predicted octanol–water partition coefficient (Wildman–Crippen LogP) is 1.52. The van der Waals surface area contributed by atoms with E-state index in [9.17, 15) is 13.2 Å².